The number of aryl methyl sites for hydroxylation is 2. The molecule has 5 heteroatoms. The average molecular weight is 391 g/mol. The van der Waals surface area contributed by atoms with E-state index in [-0.39, 0.29) is 5.91 Å². The van der Waals surface area contributed by atoms with Gasteiger partial charge in [-0.15, -0.1) is 0 Å². The van der Waals surface area contributed by atoms with Crippen molar-refractivity contribution in [2.45, 2.75) is 20.3 Å². The summed E-state index contributed by atoms with van der Waals surface area (Å²) in [5.41, 5.74) is 6.07. The molecule has 1 heterocycles. The first kappa shape index (κ1) is 18.3. The monoisotopic (exact) mass is 390 g/mol. The van der Waals surface area contributed by atoms with Crippen LogP contribution in [0.2, 0.25) is 5.02 Å². The van der Waals surface area contributed by atoms with E-state index in [1.165, 1.54) is 0 Å². The van der Waals surface area contributed by atoms with Crippen molar-refractivity contribution >= 4 is 34.3 Å². The van der Waals surface area contributed by atoms with Gasteiger partial charge in [-0.2, -0.15) is 0 Å². The van der Waals surface area contributed by atoms with E-state index in [1.54, 1.807) is 12.1 Å². The summed E-state index contributed by atoms with van der Waals surface area (Å²) >= 11 is 6.10. The molecule has 0 radical (unpaired) electrons. The average Bonchev–Trinajstić information content (AvgIpc) is 3.06. The number of carbonyl (C=O) groups excluding carboxylic acids is 1. The van der Waals surface area contributed by atoms with Crippen molar-refractivity contribution in [3.63, 3.8) is 0 Å². The molecule has 0 aliphatic heterocycles. The topological polar surface area (TPSA) is 55.1 Å². The molecule has 0 spiro atoms. The van der Waals surface area contributed by atoms with E-state index < -0.39 is 0 Å². The number of hydrogen-bond donors (Lipinski definition) is 1. The van der Waals surface area contributed by atoms with Gasteiger partial charge in [-0.1, -0.05) is 35.9 Å². The maximum atomic E-state index is 12.4. The number of oxazole rings is 1. The molecule has 28 heavy (non-hydrogen) atoms. The Labute approximate surface area is 168 Å². The lowest BCUT2D eigenvalue weighted by molar-refractivity contribution is 0.102. The molecule has 0 atom stereocenters. The second-order valence-corrected chi connectivity index (χ2v) is 7.28. The molecule has 0 saturated carbocycles. The number of amides is 1. The molecule has 1 amide bonds. The Morgan fingerprint density at radius 1 is 1.04 bits per heavy atom. The molecular formula is C23H19ClN2O2. The van der Waals surface area contributed by atoms with E-state index >= 15 is 0 Å². The number of benzene rings is 3. The largest absolute Gasteiger partial charge is 0.440 e. The fraction of sp³-hybridized carbons (Fsp3) is 0.130. The summed E-state index contributed by atoms with van der Waals surface area (Å²) in [6.07, 6.45) is 0.593. The number of rotatable bonds is 4. The van der Waals surface area contributed by atoms with Crippen molar-refractivity contribution in [2.24, 2.45) is 0 Å². The van der Waals surface area contributed by atoms with Gasteiger partial charge < -0.3 is 9.73 Å². The lowest BCUT2D eigenvalue weighted by atomic mass is 10.1. The number of nitrogens with zero attached hydrogens (tertiary/aromatic N) is 1. The van der Waals surface area contributed by atoms with Crippen LogP contribution in [0.25, 0.3) is 11.1 Å². The molecule has 1 aromatic heterocycles. The molecule has 0 fully saturated rings. The van der Waals surface area contributed by atoms with Gasteiger partial charge in [-0.25, -0.2) is 4.98 Å². The van der Waals surface area contributed by atoms with Crippen LogP contribution in [0.3, 0.4) is 0 Å². The molecule has 4 rings (SSSR count). The van der Waals surface area contributed by atoms with Gasteiger partial charge in [-0.05, 0) is 66.9 Å². The van der Waals surface area contributed by atoms with Gasteiger partial charge in [0.1, 0.15) is 5.52 Å². The highest BCUT2D eigenvalue weighted by Gasteiger charge is 2.09. The summed E-state index contributed by atoms with van der Waals surface area (Å²) in [5, 5.41) is 3.47. The standard InChI is InChI=1S/C23H19ClN2O2/c1-14-3-10-21-20(11-14)26-22(28-21)12-16-5-8-18(9-6-16)25-23(27)17-7-4-15(2)19(24)13-17/h3-11,13H,12H2,1-2H3,(H,25,27). The third-order valence-corrected chi connectivity index (χ3v) is 5.00. The van der Waals surface area contributed by atoms with E-state index in [4.69, 9.17) is 16.0 Å². The zero-order valence-corrected chi connectivity index (χ0v) is 16.4. The van der Waals surface area contributed by atoms with Crippen LogP contribution < -0.4 is 5.32 Å². The number of anilines is 1. The SMILES string of the molecule is Cc1ccc2oc(Cc3ccc(NC(=O)c4ccc(C)c(Cl)c4)cc3)nc2c1. The van der Waals surface area contributed by atoms with Crippen molar-refractivity contribution in [3.8, 4) is 0 Å². The number of fused-ring (bicyclic) bond motifs is 1. The van der Waals surface area contributed by atoms with Crippen molar-refractivity contribution in [1.82, 2.24) is 4.98 Å². The Morgan fingerprint density at radius 2 is 1.82 bits per heavy atom. The molecule has 0 bridgehead atoms. The minimum atomic E-state index is -0.191. The Morgan fingerprint density at radius 3 is 2.57 bits per heavy atom. The molecule has 0 aliphatic carbocycles. The number of carbonyl (C=O) groups is 1. The van der Waals surface area contributed by atoms with Crippen LogP contribution in [0.4, 0.5) is 5.69 Å². The third-order valence-electron chi connectivity index (χ3n) is 4.59. The predicted molar refractivity (Wildman–Crippen MR) is 112 cm³/mol. The normalized spacial score (nSPS) is 11.0. The summed E-state index contributed by atoms with van der Waals surface area (Å²) in [6, 6.07) is 18.9. The minimum Gasteiger partial charge on any atom is -0.440 e. The lowest BCUT2D eigenvalue weighted by Crippen LogP contribution is -2.11. The van der Waals surface area contributed by atoms with Gasteiger partial charge in [0.2, 0.25) is 0 Å². The molecule has 1 N–H and O–H groups in total. The van der Waals surface area contributed by atoms with Crippen LogP contribution in [0.15, 0.2) is 65.1 Å². The van der Waals surface area contributed by atoms with E-state index in [2.05, 4.69) is 10.3 Å². The summed E-state index contributed by atoms with van der Waals surface area (Å²) in [5.74, 6) is 0.482. The first-order valence-electron chi connectivity index (χ1n) is 9.00. The van der Waals surface area contributed by atoms with Gasteiger partial charge in [-0.3, -0.25) is 4.79 Å². The number of hydrogen-bond acceptors (Lipinski definition) is 3. The van der Waals surface area contributed by atoms with Crippen LogP contribution in [0, 0.1) is 13.8 Å². The van der Waals surface area contributed by atoms with Crippen molar-refractivity contribution in [3.05, 3.63) is 93.8 Å². The van der Waals surface area contributed by atoms with Gasteiger partial charge in [0, 0.05) is 22.7 Å². The van der Waals surface area contributed by atoms with Crippen LogP contribution in [-0.2, 0) is 6.42 Å². The molecule has 4 aromatic rings. The summed E-state index contributed by atoms with van der Waals surface area (Å²) in [6.45, 7) is 3.94. The fourth-order valence-corrected chi connectivity index (χ4v) is 3.16. The van der Waals surface area contributed by atoms with E-state index in [1.807, 2.05) is 62.4 Å². The summed E-state index contributed by atoms with van der Waals surface area (Å²) in [7, 11) is 0. The van der Waals surface area contributed by atoms with Gasteiger partial charge in [0.15, 0.2) is 11.5 Å². The number of aromatic nitrogens is 1. The van der Waals surface area contributed by atoms with Crippen LogP contribution in [0.5, 0.6) is 0 Å². The lowest BCUT2D eigenvalue weighted by Gasteiger charge is -2.07. The molecule has 140 valence electrons. The highest BCUT2D eigenvalue weighted by atomic mass is 35.5. The van der Waals surface area contributed by atoms with Gasteiger partial charge in [0.25, 0.3) is 5.91 Å². The number of nitrogens with one attached hydrogen (secondary N) is 1. The number of halogens is 1. The second kappa shape index (κ2) is 7.49. The highest BCUT2D eigenvalue weighted by molar-refractivity contribution is 6.31. The Bertz CT molecular complexity index is 1160. The highest BCUT2D eigenvalue weighted by Crippen LogP contribution is 2.21. The Kier molecular flexibility index (Phi) is 4.88. The predicted octanol–water partition coefficient (Wildman–Crippen LogP) is 5.94. The molecule has 0 saturated heterocycles. The van der Waals surface area contributed by atoms with Crippen molar-refractivity contribution in [2.75, 3.05) is 5.32 Å². The van der Waals surface area contributed by atoms with E-state index in [9.17, 15) is 4.79 Å². The van der Waals surface area contributed by atoms with Crippen molar-refractivity contribution < 1.29 is 9.21 Å². The second-order valence-electron chi connectivity index (χ2n) is 6.87. The Balaban J connectivity index is 1.45. The van der Waals surface area contributed by atoms with Crippen LogP contribution >= 0.6 is 11.6 Å². The maximum Gasteiger partial charge on any atom is 0.255 e. The van der Waals surface area contributed by atoms with E-state index in [0.29, 0.717) is 22.9 Å². The van der Waals surface area contributed by atoms with E-state index in [0.717, 1.165) is 33.5 Å². The zero-order valence-electron chi connectivity index (χ0n) is 15.6. The third kappa shape index (κ3) is 3.92. The molecular weight excluding hydrogens is 372 g/mol. The zero-order chi connectivity index (χ0) is 19.7. The summed E-state index contributed by atoms with van der Waals surface area (Å²) in [4.78, 5) is 16.9. The summed E-state index contributed by atoms with van der Waals surface area (Å²) < 4.78 is 5.81. The fourth-order valence-electron chi connectivity index (χ4n) is 2.98. The van der Waals surface area contributed by atoms with Crippen LogP contribution in [-0.4, -0.2) is 10.9 Å². The van der Waals surface area contributed by atoms with Gasteiger partial charge >= 0.3 is 0 Å². The Hall–Kier alpha value is -3.11. The molecule has 3 aromatic carbocycles. The van der Waals surface area contributed by atoms with Gasteiger partial charge in [0.05, 0.1) is 0 Å². The maximum absolute atomic E-state index is 12.4. The van der Waals surface area contributed by atoms with Crippen molar-refractivity contribution in [1.29, 1.82) is 0 Å². The first-order valence-corrected chi connectivity index (χ1v) is 9.38. The smallest absolute Gasteiger partial charge is 0.255 e. The molecule has 0 unspecified atom stereocenters. The molecule has 0 aliphatic rings. The van der Waals surface area contributed by atoms with Crippen LogP contribution in [0.1, 0.15) is 32.9 Å². The quantitative estimate of drug-likeness (QED) is 0.469. The minimum absolute atomic E-state index is 0.191. The molecule has 4 nitrogen and oxygen atoms in total. The first-order chi connectivity index (χ1) is 13.5.